The number of fused-ring (bicyclic) bond motifs is 2. The molecule has 0 amide bonds. The summed E-state index contributed by atoms with van der Waals surface area (Å²) in [6, 6.07) is 39.0. The van der Waals surface area contributed by atoms with E-state index in [0.29, 0.717) is 0 Å². The first-order valence-electron chi connectivity index (χ1n) is 12.6. The lowest BCUT2D eigenvalue weighted by Gasteiger charge is -2.06. The summed E-state index contributed by atoms with van der Waals surface area (Å²) in [6.45, 7) is 9.44. The molecule has 5 rings (SSSR count). The average Bonchev–Trinajstić information content (AvgIpc) is 2.98. The predicted molar refractivity (Wildman–Crippen MR) is 171 cm³/mol. The van der Waals surface area contributed by atoms with Gasteiger partial charge >= 0.3 is 0 Å². The number of nitrogens with two attached hydrogens (primary N) is 4. The molecule has 38 heavy (non-hydrogen) atoms. The lowest BCUT2D eigenvalue weighted by molar-refractivity contribution is 1.21. The van der Waals surface area contributed by atoms with Crippen molar-refractivity contribution in [3.8, 4) is 0 Å². The molecule has 0 radical (unpaired) electrons. The molecule has 4 heteroatoms. The number of hydrogen-bond donors (Lipinski definition) is 4. The summed E-state index contributed by atoms with van der Waals surface area (Å²) >= 11 is 0. The molecule has 4 nitrogen and oxygen atoms in total. The van der Waals surface area contributed by atoms with E-state index in [1.54, 1.807) is 6.08 Å². The Labute approximate surface area is 229 Å². The standard InChI is InChI=1S/C21H16.C8H10.C3H6.2CH5N.H4N2/c1-3-7-20-14-16(9-11-18(20)5-1)13-17-10-12-19-6-2-4-8-21(19)15-17;1-7-3-5-8(2)6-4-7;1-3-2;3*1-2/h1-12,14-15H,13H2;3-6H,1-2H3;3H,1H2,2H3;2*2H2,1H3;1-2H2. The fraction of sp³-hybridized carbons (Fsp3) is 0.176. The van der Waals surface area contributed by atoms with E-state index in [4.69, 9.17) is 0 Å². The molecule has 0 aliphatic heterocycles. The van der Waals surface area contributed by atoms with E-state index in [0.717, 1.165) is 6.42 Å². The number of aryl methyl sites for hydroxylation is 2. The summed E-state index contributed by atoms with van der Waals surface area (Å²) in [6.07, 6.45) is 2.73. The SMILES string of the molecule is C=CC.CN.CN.Cc1ccc(C)cc1.NN.c1ccc2cc(Cc3ccc4ccccc4c3)ccc2c1. The highest BCUT2D eigenvalue weighted by Gasteiger charge is 2.00. The maximum atomic E-state index is 4.50. The largest absolute Gasteiger partial charge is 0.333 e. The molecule has 0 aromatic heterocycles. The van der Waals surface area contributed by atoms with Crippen LogP contribution in [0.25, 0.3) is 21.5 Å². The molecule has 202 valence electrons. The molecule has 0 unspecified atom stereocenters. The molecule has 0 aliphatic carbocycles. The van der Waals surface area contributed by atoms with Crippen LogP contribution in [0.1, 0.15) is 29.2 Å². The van der Waals surface area contributed by atoms with Gasteiger partial charge in [0.15, 0.2) is 0 Å². The zero-order chi connectivity index (χ0) is 28.8. The third-order valence-corrected chi connectivity index (χ3v) is 5.25. The average molecular weight is 511 g/mol. The number of hydrogen-bond acceptors (Lipinski definition) is 4. The van der Waals surface area contributed by atoms with Crippen molar-refractivity contribution in [2.24, 2.45) is 23.2 Å². The maximum absolute atomic E-state index is 4.50. The highest BCUT2D eigenvalue weighted by Crippen LogP contribution is 2.21. The number of rotatable bonds is 2. The zero-order valence-corrected chi connectivity index (χ0v) is 23.7. The minimum Gasteiger partial charge on any atom is -0.333 e. The smallest absolute Gasteiger partial charge is 0.00253 e. The van der Waals surface area contributed by atoms with Gasteiger partial charge in [-0.2, -0.15) is 0 Å². The Kier molecular flexibility index (Phi) is 19.2. The van der Waals surface area contributed by atoms with Gasteiger partial charge in [-0.05, 0) is 74.0 Å². The first-order chi connectivity index (χ1) is 18.6. The lowest BCUT2D eigenvalue weighted by atomic mass is 9.99. The second kappa shape index (κ2) is 21.3. The Morgan fingerprint density at radius 3 is 1.13 bits per heavy atom. The topological polar surface area (TPSA) is 104 Å². The quantitative estimate of drug-likeness (QED) is 0.116. The Bertz CT molecular complexity index is 1200. The fourth-order valence-electron chi connectivity index (χ4n) is 3.57. The van der Waals surface area contributed by atoms with Gasteiger partial charge in [0.2, 0.25) is 0 Å². The first kappa shape index (κ1) is 34.2. The van der Waals surface area contributed by atoms with Crippen LogP contribution in [0.2, 0.25) is 0 Å². The molecular formula is C34H46N4. The number of allylic oxidation sites excluding steroid dienone is 1. The first-order valence-corrected chi connectivity index (χ1v) is 12.6. The normalized spacial score (nSPS) is 8.87. The molecular weight excluding hydrogens is 464 g/mol. The third kappa shape index (κ3) is 12.4. The summed E-state index contributed by atoms with van der Waals surface area (Å²) in [5.41, 5.74) is 14.4. The Morgan fingerprint density at radius 2 is 0.816 bits per heavy atom. The highest BCUT2D eigenvalue weighted by atomic mass is 15.0. The van der Waals surface area contributed by atoms with Gasteiger partial charge in [0.25, 0.3) is 0 Å². The highest BCUT2D eigenvalue weighted by molar-refractivity contribution is 5.84. The van der Waals surface area contributed by atoms with E-state index in [9.17, 15) is 0 Å². The van der Waals surface area contributed by atoms with Crippen LogP contribution in [0.4, 0.5) is 0 Å². The Balaban J connectivity index is 0.000000673. The fourth-order valence-corrected chi connectivity index (χ4v) is 3.57. The van der Waals surface area contributed by atoms with Crippen LogP contribution < -0.4 is 23.2 Å². The van der Waals surface area contributed by atoms with Crippen molar-refractivity contribution in [2.75, 3.05) is 14.1 Å². The van der Waals surface area contributed by atoms with E-state index >= 15 is 0 Å². The van der Waals surface area contributed by atoms with Gasteiger partial charge in [-0.15, -0.1) is 6.58 Å². The third-order valence-electron chi connectivity index (χ3n) is 5.25. The van der Waals surface area contributed by atoms with Gasteiger partial charge in [-0.3, -0.25) is 11.7 Å². The van der Waals surface area contributed by atoms with E-state index in [1.165, 1.54) is 57.9 Å². The van der Waals surface area contributed by atoms with Crippen molar-refractivity contribution in [3.63, 3.8) is 0 Å². The summed E-state index contributed by atoms with van der Waals surface area (Å²) in [5, 5.41) is 5.24. The summed E-state index contributed by atoms with van der Waals surface area (Å²) in [5.74, 6) is 8.00. The van der Waals surface area contributed by atoms with Crippen molar-refractivity contribution in [2.45, 2.75) is 27.2 Å². The van der Waals surface area contributed by atoms with E-state index in [2.05, 4.69) is 153 Å². The molecule has 0 aliphatic rings. The van der Waals surface area contributed by atoms with E-state index < -0.39 is 0 Å². The van der Waals surface area contributed by atoms with E-state index in [1.807, 2.05) is 6.92 Å². The van der Waals surface area contributed by atoms with Crippen LogP contribution in [-0.2, 0) is 6.42 Å². The van der Waals surface area contributed by atoms with Crippen LogP contribution in [0.15, 0.2) is 122 Å². The second-order valence-electron chi connectivity index (χ2n) is 8.10. The summed E-state index contributed by atoms with van der Waals surface area (Å²) in [7, 11) is 3.00. The van der Waals surface area contributed by atoms with Crippen LogP contribution in [0.5, 0.6) is 0 Å². The van der Waals surface area contributed by atoms with Crippen LogP contribution >= 0.6 is 0 Å². The predicted octanol–water partition coefficient (Wildman–Crippen LogP) is 7.05. The molecule has 0 heterocycles. The minimum absolute atomic E-state index is 0.982. The van der Waals surface area contributed by atoms with Gasteiger partial charge < -0.3 is 11.5 Å². The van der Waals surface area contributed by atoms with Crippen LogP contribution in [-0.4, -0.2) is 14.1 Å². The molecule has 8 N–H and O–H groups in total. The van der Waals surface area contributed by atoms with Crippen molar-refractivity contribution in [1.82, 2.24) is 0 Å². The molecule has 0 atom stereocenters. The molecule has 5 aromatic carbocycles. The van der Waals surface area contributed by atoms with Gasteiger partial charge in [0, 0.05) is 0 Å². The van der Waals surface area contributed by atoms with Crippen molar-refractivity contribution < 1.29 is 0 Å². The molecule has 0 spiro atoms. The van der Waals surface area contributed by atoms with Crippen molar-refractivity contribution >= 4 is 21.5 Å². The van der Waals surface area contributed by atoms with Crippen molar-refractivity contribution in [1.29, 1.82) is 0 Å². The Hall–Kier alpha value is -3.80. The Morgan fingerprint density at radius 1 is 0.526 bits per heavy atom. The minimum atomic E-state index is 0.982. The lowest BCUT2D eigenvalue weighted by Crippen LogP contribution is -2.02. The van der Waals surface area contributed by atoms with Gasteiger partial charge in [0.1, 0.15) is 0 Å². The number of hydrazine groups is 1. The molecule has 5 aromatic rings. The van der Waals surface area contributed by atoms with E-state index in [-0.39, 0.29) is 0 Å². The summed E-state index contributed by atoms with van der Waals surface area (Å²) in [4.78, 5) is 0. The number of benzene rings is 5. The molecule has 0 saturated carbocycles. The van der Waals surface area contributed by atoms with Crippen LogP contribution in [0.3, 0.4) is 0 Å². The zero-order valence-electron chi connectivity index (χ0n) is 23.7. The summed E-state index contributed by atoms with van der Waals surface area (Å²) < 4.78 is 0. The maximum Gasteiger partial charge on any atom is -0.00253 e. The monoisotopic (exact) mass is 510 g/mol. The second-order valence-corrected chi connectivity index (χ2v) is 8.10. The van der Waals surface area contributed by atoms with Crippen molar-refractivity contribution in [3.05, 3.63) is 144 Å². The molecule has 0 saturated heterocycles. The molecule has 0 bridgehead atoms. The van der Waals surface area contributed by atoms with Gasteiger partial charge in [-0.25, -0.2) is 0 Å². The van der Waals surface area contributed by atoms with Gasteiger partial charge in [-0.1, -0.05) is 126 Å². The molecule has 0 fully saturated rings. The van der Waals surface area contributed by atoms with Gasteiger partial charge in [0.05, 0.1) is 0 Å². The van der Waals surface area contributed by atoms with Crippen LogP contribution in [0, 0.1) is 13.8 Å².